The third-order valence-corrected chi connectivity index (χ3v) is 6.06. The second kappa shape index (κ2) is 8.91. The van der Waals surface area contributed by atoms with Crippen molar-refractivity contribution in [1.29, 1.82) is 0 Å². The van der Waals surface area contributed by atoms with E-state index < -0.39 is 11.5 Å². The van der Waals surface area contributed by atoms with Gasteiger partial charge < -0.3 is 14.8 Å². The van der Waals surface area contributed by atoms with Crippen LogP contribution < -0.4 is 0 Å². The van der Waals surface area contributed by atoms with Crippen LogP contribution >= 0.6 is 0 Å². The minimum Gasteiger partial charge on any atom is -0.396 e. The molecule has 2 heterocycles. The van der Waals surface area contributed by atoms with Crippen molar-refractivity contribution < 1.29 is 10.2 Å². The fourth-order valence-electron chi connectivity index (χ4n) is 4.39. The number of hydrogen-bond donors (Lipinski definition) is 2. The Kier molecular flexibility index (Phi) is 6.09. The zero-order valence-electron chi connectivity index (χ0n) is 16.7. The van der Waals surface area contributed by atoms with Crippen LogP contribution in [0.1, 0.15) is 23.2 Å². The molecule has 0 bridgehead atoms. The van der Waals surface area contributed by atoms with Gasteiger partial charge in [0.05, 0.1) is 24.7 Å². The fourth-order valence-corrected chi connectivity index (χ4v) is 4.39. The lowest BCUT2D eigenvalue weighted by molar-refractivity contribution is -0.0772. The van der Waals surface area contributed by atoms with Crippen molar-refractivity contribution in [1.82, 2.24) is 14.5 Å². The summed E-state index contributed by atoms with van der Waals surface area (Å²) in [5.41, 5.74) is 3.01. The van der Waals surface area contributed by atoms with E-state index in [1.165, 1.54) is 5.56 Å². The molecule has 29 heavy (non-hydrogen) atoms. The van der Waals surface area contributed by atoms with Crippen molar-refractivity contribution in [3.63, 3.8) is 0 Å². The summed E-state index contributed by atoms with van der Waals surface area (Å²) < 4.78 is 2.18. The van der Waals surface area contributed by atoms with Crippen molar-refractivity contribution in [2.75, 3.05) is 19.7 Å². The number of aliphatic hydroxyl groups excluding tert-OH is 2. The van der Waals surface area contributed by atoms with Gasteiger partial charge in [0.1, 0.15) is 0 Å². The monoisotopic (exact) mass is 391 g/mol. The Labute approximate surface area is 172 Å². The highest BCUT2D eigenvalue weighted by atomic mass is 16.3. The van der Waals surface area contributed by atoms with Crippen LogP contribution in [0.5, 0.6) is 0 Å². The van der Waals surface area contributed by atoms with Crippen LogP contribution in [0.2, 0.25) is 0 Å². The van der Waals surface area contributed by atoms with E-state index in [0.717, 1.165) is 30.9 Å². The van der Waals surface area contributed by atoms with Gasteiger partial charge in [-0.05, 0) is 24.0 Å². The SMILES string of the molecule is OC[C@@]1(Cc2ccccc2)CN(Cc2cncn2Cc2ccccc2)CC[C@@H]1O. The molecule has 152 valence electrons. The second-order valence-corrected chi connectivity index (χ2v) is 8.20. The van der Waals surface area contributed by atoms with E-state index in [9.17, 15) is 10.2 Å². The van der Waals surface area contributed by atoms with Crippen LogP contribution in [-0.4, -0.2) is 50.5 Å². The molecule has 2 atom stereocenters. The van der Waals surface area contributed by atoms with E-state index in [2.05, 4.69) is 50.8 Å². The van der Waals surface area contributed by atoms with E-state index in [0.29, 0.717) is 19.4 Å². The van der Waals surface area contributed by atoms with Gasteiger partial charge in [0.25, 0.3) is 0 Å². The highest BCUT2D eigenvalue weighted by molar-refractivity contribution is 5.19. The molecule has 3 aromatic rings. The molecule has 1 saturated heterocycles. The summed E-state index contributed by atoms with van der Waals surface area (Å²) in [5, 5.41) is 21.0. The zero-order valence-corrected chi connectivity index (χ0v) is 16.7. The molecule has 0 aliphatic carbocycles. The van der Waals surface area contributed by atoms with Gasteiger partial charge in [-0.1, -0.05) is 60.7 Å². The largest absolute Gasteiger partial charge is 0.396 e. The molecule has 0 saturated carbocycles. The standard InChI is InChI=1S/C24H29N3O2/c28-18-24(13-20-7-3-1-4-8-20)17-26(12-11-23(24)29)16-22-14-25-19-27(22)15-21-9-5-2-6-10-21/h1-10,14,19,23,28-29H,11-13,15-18H2/t23-,24+/m0/s1. The van der Waals surface area contributed by atoms with Crippen LogP contribution in [0.3, 0.4) is 0 Å². The van der Waals surface area contributed by atoms with E-state index in [4.69, 9.17) is 0 Å². The maximum Gasteiger partial charge on any atom is 0.0951 e. The van der Waals surface area contributed by atoms with Gasteiger partial charge in [0, 0.05) is 37.8 Å². The minimum absolute atomic E-state index is 0.0250. The molecule has 0 spiro atoms. The molecule has 1 aromatic heterocycles. The summed E-state index contributed by atoms with van der Waals surface area (Å²) in [6.07, 6.45) is 4.64. The maximum absolute atomic E-state index is 10.8. The lowest BCUT2D eigenvalue weighted by Crippen LogP contribution is -2.54. The Hall–Kier alpha value is -2.47. The summed E-state index contributed by atoms with van der Waals surface area (Å²) in [4.78, 5) is 6.70. The van der Waals surface area contributed by atoms with E-state index in [1.54, 1.807) is 0 Å². The average molecular weight is 392 g/mol. The van der Waals surface area contributed by atoms with Crippen molar-refractivity contribution in [2.45, 2.75) is 32.0 Å². The Morgan fingerprint density at radius 2 is 1.66 bits per heavy atom. The number of aromatic nitrogens is 2. The molecule has 5 heteroatoms. The molecule has 1 aliphatic heterocycles. The second-order valence-electron chi connectivity index (χ2n) is 8.20. The van der Waals surface area contributed by atoms with Gasteiger partial charge in [-0.25, -0.2) is 4.98 Å². The van der Waals surface area contributed by atoms with Gasteiger partial charge in [-0.2, -0.15) is 0 Å². The first kappa shape index (κ1) is 19.8. The van der Waals surface area contributed by atoms with E-state index >= 15 is 0 Å². The molecule has 2 aromatic carbocycles. The molecular formula is C24H29N3O2. The van der Waals surface area contributed by atoms with E-state index in [-0.39, 0.29) is 6.61 Å². The van der Waals surface area contributed by atoms with Gasteiger partial charge in [-0.15, -0.1) is 0 Å². The van der Waals surface area contributed by atoms with Gasteiger partial charge >= 0.3 is 0 Å². The first-order chi connectivity index (χ1) is 14.2. The van der Waals surface area contributed by atoms with Gasteiger partial charge in [0.2, 0.25) is 0 Å². The highest BCUT2D eigenvalue weighted by Gasteiger charge is 2.42. The number of benzene rings is 2. The van der Waals surface area contributed by atoms with Crippen LogP contribution in [-0.2, 0) is 19.5 Å². The summed E-state index contributed by atoms with van der Waals surface area (Å²) >= 11 is 0. The van der Waals surface area contributed by atoms with Crippen molar-refractivity contribution >= 4 is 0 Å². The lowest BCUT2D eigenvalue weighted by Gasteiger charge is -2.45. The quantitative estimate of drug-likeness (QED) is 0.650. The predicted molar refractivity (Wildman–Crippen MR) is 113 cm³/mol. The van der Waals surface area contributed by atoms with Crippen molar-refractivity contribution in [2.24, 2.45) is 5.41 Å². The molecular weight excluding hydrogens is 362 g/mol. The Bertz CT molecular complexity index is 897. The van der Waals surface area contributed by atoms with Gasteiger partial charge in [-0.3, -0.25) is 4.90 Å². The topological polar surface area (TPSA) is 61.5 Å². The third-order valence-electron chi connectivity index (χ3n) is 6.06. The number of likely N-dealkylation sites (tertiary alicyclic amines) is 1. The molecule has 1 aliphatic rings. The molecule has 0 radical (unpaired) electrons. The smallest absolute Gasteiger partial charge is 0.0951 e. The normalized spacial score (nSPS) is 22.6. The summed E-state index contributed by atoms with van der Waals surface area (Å²) in [7, 11) is 0. The maximum atomic E-state index is 10.8. The minimum atomic E-state index is -0.538. The summed E-state index contributed by atoms with van der Waals surface area (Å²) in [5.74, 6) is 0. The van der Waals surface area contributed by atoms with Crippen molar-refractivity contribution in [3.8, 4) is 0 Å². The number of aliphatic hydroxyl groups is 2. The van der Waals surface area contributed by atoms with Gasteiger partial charge in [0.15, 0.2) is 0 Å². The molecule has 0 amide bonds. The first-order valence-corrected chi connectivity index (χ1v) is 10.3. The Balaban J connectivity index is 1.48. The highest BCUT2D eigenvalue weighted by Crippen LogP contribution is 2.34. The van der Waals surface area contributed by atoms with Crippen LogP contribution in [0.15, 0.2) is 73.2 Å². The first-order valence-electron chi connectivity index (χ1n) is 10.3. The number of rotatable bonds is 7. The molecule has 0 unspecified atom stereocenters. The Morgan fingerprint density at radius 1 is 0.966 bits per heavy atom. The lowest BCUT2D eigenvalue weighted by atomic mass is 9.73. The predicted octanol–water partition coefficient (Wildman–Crippen LogP) is 2.72. The molecule has 5 nitrogen and oxygen atoms in total. The average Bonchev–Trinajstić information content (AvgIpc) is 3.18. The number of hydrogen-bond acceptors (Lipinski definition) is 4. The van der Waals surface area contributed by atoms with Crippen molar-refractivity contribution in [3.05, 3.63) is 90.0 Å². The zero-order chi connectivity index (χ0) is 20.1. The molecule has 1 fully saturated rings. The summed E-state index contributed by atoms with van der Waals surface area (Å²) in [6, 6.07) is 20.5. The fraction of sp³-hybridized carbons (Fsp3) is 0.375. The van der Waals surface area contributed by atoms with Crippen LogP contribution in [0.25, 0.3) is 0 Å². The number of piperidine rings is 1. The van der Waals surface area contributed by atoms with Crippen LogP contribution in [0, 0.1) is 5.41 Å². The third kappa shape index (κ3) is 4.58. The summed E-state index contributed by atoms with van der Waals surface area (Å²) in [6.45, 7) is 3.00. The molecule has 2 N–H and O–H groups in total. The number of nitrogens with zero attached hydrogens (tertiary/aromatic N) is 3. The van der Waals surface area contributed by atoms with Crippen LogP contribution in [0.4, 0.5) is 0 Å². The molecule has 4 rings (SSSR count). The van der Waals surface area contributed by atoms with E-state index in [1.807, 2.05) is 36.8 Å². The Morgan fingerprint density at radius 3 is 2.34 bits per heavy atom. The number of imidazole rings is 1.